The molecule has 3 rings (SSSR count). The number of esters is 1. The average Bonchev–Trinajstić information content (AvgIpc) is 3.20. The largest absolute Gasteiger partial charge is 0.465 e. The lowest BCUT2D eigenvalue weighted by Crippen LogP contribution is -2.40. The fraction of sp³-hybridized carbons (Fsp3) is 0.471. The highest BCUT2D eigenvalue weighted by Crippen LogP contribution is 2.24. The van der Waals surface area contributed by atoms with Gasteiger partial charge in [-0.15, -0.1) is 0 Å². The van der Waals surface area contributed by atoms with Crippen LogP contribution in [0.3, 0.4) is 0 Å². The Kier molecular flexibility index (Phi) is 6.15. The molecule has 158 valence electrons. The number of amides is 1. The van der Waals surface area contributed by atoms with E-state index in [1.54, 1.807) is 6.92 Å². The van der Waals surface area contributed by atoms with Crippen LogP contribution in [0.4, 0.5) is 8.78 Å². The van der Waals surface area contributed by atoms with Crippen molar-refractivity contribution in [3.05, 3.63) is 28.6 Å². The van der Waals surface area contributed by atoms with Gasteiger partial charge in [-0.1, -0.05) is 11.3 Å². The monoisotopic (exact) mass is 447 g/mol. The minimum atomic E-state index is -3.60. The maximum atomic E-state index is 14.4. The maximum Gasteiger partial charge on any atom is 0.326 e. The van der Waals surface area contributed by atoms with Crippen LogP contribution in [0.1, 0.15) is 19.8 Å². The second kappa shape index (κ2) is 8.28. The topological polar surface area (TPSA) is 98.0 Å². The van der Waals surface area contributed by atoms with Crippen molar-refractivity contribution >= 4 is 43.5 Å². The molecule has 1 saturated heterocycles. The van der Waals surface area contributed by atoms with Gasteiger partial charge in [0.15, 0.2) is 10.6 Å². The number of hydrogen-bond donors (Lipinski definition) is 0. The molecule has 2 heterocycles. The summed E-state index contributed by atoms with van der Waals surface area (Å²) in [5.74, 6) is -3.12. The van der Waals surface area contributed by atoms with Crippen LogP contribution in [0, 0.1) is 11.6 Å². The standard InChI is InChI=1S/C17H19F2N3O5S2/c1-3-27-14(23)9-21-15-11(19)7-10(18)8-13(15)28-17(21)20-16(24)12-5-4-6-22(12)29(2,25)26/h7-8,12H,3-6,9H2,1-2H3. The van der Waals surface area contributed by atoms with Gasteiger partial charge >= 0.3 is 5.97 Å². The highest BCUT2D eigenvalue weighted by Gasteiger charge is 2.36. The Hall–Kier alpha value is -2.18. The molecule has 1 aliphatic rings. The normalized spacial score (nSPS) is 18.5. The number of thiazole rings is 1. The molecular formula is C17H19F2N3O5S2. The van der Waals surface area contributed by atoms with Gasteiger partial charge in [-0.3, -0.25) is 9.59 Å². The molecule has 2 aromatic rings. The molecule has 0 N–H and O–H groups in total. The number of nitrogens with zero attached hydrogens (tertiary/aromatic N) is 3. The van der Waals surface area contributed by atoms with Crippen molar-refractivity contribution in [2.24, 2.45) is 4.99 Å². The summed E-state index contributed by atoms with van der Waals surface area (Å²) in [5, 5.41) is 0. The molecule has 0 spiro atoms. The molecule has 1 fully saturated rings. The number of hydrogen-bond acceptors (Lipinski definition) is 6. The smallest absolute Gasteiger partial charge is 0.326 e. The number of aromatic nitrogens is 1. The SMILES string of the molecule is CCOC(=O)Cn1c(=NC(=O)C2CCCN2S(C)(=O)=O)sc2cc(F)cc(F)c21. The number of carbonyl (C=O) groups is 2. The number of ether oxygens (including phenoxy) is 1. The molecule has 1 unspecified atom stereocenters. The fourth-order valence-corrected chi connectivity index (χ4v) is 5.44. The number of fused-ring (bicyclic) bond motifs is 1. The van der Waals surface area contributed by atoms with Gasteiger partial charge in [-0.25, -0.2) is 17.2 Å². The van der Waals surface area contributed by atoms with Gasteiger partial charge in [0.05, 0.1) is 23.1 Å². The van der Waals surface area contributed by atoms with Crippen molar-refractivity contribution in [2.45, 2.75) is 32.4 Å². The first-order valence-corrected chi connectivity index (χ1v) is 11.5. The first kappa shape index (κ1) is 21.5. The molecule has 1 aliphatic heterocycles. The van der Waals surface area contributed by atoms with Gasteiger partial charge in [0, 0.05) is 12.6 Å². The second-order valence-electron chi connectivity index (χ2n) is 6.49. The van der Waals surface area contributed by atoms with E-state index in [-0.39, 0.29) is 28.2 Å². The van der Waals surface area contributed by atoms with E-state index in [1.807, 2.05) is 0 Å². The van der Waals surface area contributed by atoms with Gasteiger partial charge in [0.1, 0.15) is 18.4 Å². The van der Waals surface area contributed by atoms with E-state index in [0.717, 1.165) is 32.5 Å². The summed E-state index contributed by atoms with van der Waals surface area (Å²) >= 11 is 0.828. The maximum absolute atomic E-state index is 14.4. The van der Waals surface area contributed by atoms with E-state index in [1.165, 1.54) is 0 Å². The van der Waals surface area contributed by atoms with Gasteiger partial charge < -0.3 is 9.30 Å². The molecule has 29 heavy (non-hydrogen) atoms. The van der Waals surface area contributed by atoms with Crippen LogP contribution in [0.15, 0.2) is 17.1 Å². The Morgan fingerprint density at radius 2 is 2.07 bits per heavy atom. The van der Waals surface area contributed by atoms with Gasteiger partial charge in [-0.05, 0) is 25.8 Å². The van der Waals surface area contributed by atoms with E-state index < -0.39 is 46.1 Å². The molecule has 0 saturated carbocycles. The van der Waals surface area contributed by atoms with Crippen LogP contribution >= 0.6 is 11.3 Å². The zero-order valence-electron chi connectivity index (χ0n) is 15.7. The minimum absolute atomic E-state index is 0.0390. The lowest BCUT2D eigenvalue weighted by Gasteiger charge is -2.18. The molecule has 0 aliphatic carbocycles. The summed E-state index contributed by atoms with van der Waals surface area (Å²) in [4.78, 5) is 28.6. The van der Waals surface area contributed by atoms with Crippen molar-refractivity contribution in [1.82, 2.24) is 8.87 Å². The van der Waals surface area contributed by atoms with Crippen molar-refractivity contribution in [3.8, 4) is 0 Å². The molecule has 1 aromatic carbocycles. The van der Waals surface area contributed by atoms with Crippen LogP contribution in [0.25, 0.3) is 10.2 Å². The molecular weight excluding hydrogens is 428 g/mol. The number of benzene rings is 1. The van der Waals surface area contributed by atoms with Crippen LogP contribution in [0.5, 0.6) is 0 Å². The number of sulfonamides is 1. The first-order valence-electron chi connectivity index (χ1n) is 8.81. The van der Waals surface area contributed by atoms with Crippen molar-refractivity contribution in [3.63, 3.8) is 0 Å². The molecule has 12 heteroatoms. The van der Waals surface area contributed by atoms with E-state index in [4.69, 9.17) is 4.74 Å². The fourth-order valence-electron chi connectivity index (χ4n) is 3.25. The van der Waals surface area contributed by atoms with Crippen molar-refractivity contribution in [2.75, 3.05) is 19.4 Å². The third kappa shape index (κ3) is 4.54. The average molecular weight is 447 g/mol. The molecule has 8 nitrogen and oxygen atoms in total. The lowest BCUT2D eigenvalue weighted by molar-refractivity contribution is -0.143. The van der Waals surface area contributed by atoms with Gasteiger partial charge in [0.2, 0.25) is 10.0 Å². The van der Waals surface area contributed by atoms with E-state index in [0.29, 0.717) is 18.9 Å². The zero-order chi connectivity index (χ0) is 21.3. The highest BCUT2D eigenvalue weighted by molar-refractivity contribution is 7.88. The summed E-state index contributed by atoms with van der Waals surface area (Å²) in [5.41, 5.74) is -0.0811. The third-order valence-electron chi connectivity index (χ3n) is 4.41. The van der Waals surface area contributed by atoms with E-state index in [2.05, 4.69) is 4.99 Å². The summed E-state index contributed by atoms with van der Waals surface area (Å²) in [6.07, 6.45) is 1.83. The Morgan fingerprint density at radius 1 is 1.34 bits per heavy atom. The van der Waals surface area contributed by atoms with Crippen molar-refractivity contribution in [1.29, 1.82) is 0 Å². The quantitative estimate of drug-likeness (QED) is 0.646. The van der Waals surface area contributed by atoms with Crippen LogP contribution < -0.4 is 4.80 Å². The zero-order valence-corrected chi connectivity index (χ0v) is 17.4. The van der Waals surface area contributed by atoms with Crippen LogP contribution in [0.2, 0.25) is 0 Å². The summed E-state index contributed by atoms with van der Waals surface area (Å²) in [6.45, 7) is 1.50. The predicted molar refractivity (Wildman–Crippen MR) is 102 cm³/mol. The number of carbonyl (C=O) groups excluding carboxylic acids is 2. The van der Waals surface area contributed by atoms with Gasteiger partial charge in [-0.2, -0.15) is 9.30 Å². The highest BCUT2D eigenvalue weighted by atomic mass is 32.2. The molecule has 0 bridgehead atoms. The summed E-state index contributed by atoms with van der Waals surface area (Å²) < 4.78 is 59.0. The van der Waals surface area contributed by atoms with Crippen LogP contribution in [-0.4, -0.2) is 54.6 Å². The third-order valence-corrected chi connectivity index (χ3v) is 6.72. The molecule has 1 aromatic heterocycles. The second-order valence-corrected chi connectivity index (χ2v) is 9.44. The first-order chi connectivity index (χ1) is 13.6. The Balaban J connectivity index is 2.11. The Labute approximate surface area is 169 Å². The summed E-state index contributed by atoms with van der Waals surface area (Å²) in [7, 11) is -3.60. The number of halogens is 2. The summed E-state index contributed by atoms with van der Waals surface area (Å²) in [6, 6.07) is 0.782. The van der Waals surface area contributed by atoms with Crippen molar-refractivity contribution < 1.29 is 31.5 Å². The molecule has 1 atom stereocenters. The minimum Gasteiger partial charge on any atom is -0.465 e. The Morgan fingerprint density at radius 3 is 2.72 bits per heavy atom. The predicted octanol–water partition coefficient (Wildman–Crippen LogP) is 1.40. The lowest BCUT2D eigenvalue weighted by atomic mass is 10.2. The molecule has 0 radical (unpaired) electrons. The number of rotatable bonds is 5. The van der Waals surface area contributed by atoms with Gasteiger partial charge in [0.25, 0.3) is 5.91 Å². The van der Waals surface area contributed by atoms with Crippen LogP contribution in [-0.2, 0) is 30.9 Å². The van der Waals surface area contributed by atoms with E-state index in [9.17, 15) is 26.8 Å². The Bertz CT molecular complexity index is 1140. The molecule has 1 amide bonds. The van der Waals surface area contributed by atoms with E-state index >= 15 is 0 Å².